The molecule has 0 N–H and O–H groups in total. The second kappa shape index (κ2) is 2.91. The second-order valence-corrected chi connectivity index (χ2v) is 3.31. The Morgan fingerprint density at radius 1 is 1.57 bits per heavy atom. The van der Waals surface area contributed by atoms with Crippen LogP contribution in [0.25, 0.3) is 11.0 Å². The largest absolute Gasteiger partial charge is 0.359 e. The zero-order valence-electron chi connectivity index (χ0n) is 6.51. The minimum absolute atomic E-state index is 0.0131. The van der Waals surface area contributed by atoms with Crippen molar-refractivity contribution in [3.63, 3.8) is 0 Å². The molecule has 0 spiro atoms. The van der Waals surface area contributed by atoms with Gasteiger partial charge in [-0.2, -0.15) is 0 Å². The van der Waals surface area contributed by atoms with Crippen LogP contribution in [0.3, 0.4) is 0 Å². The highest BCUT2D eigenvalue weighted by molar-refractivity contribution is 9.10. The number of nitro benzene ring substituents is 1. The maximum Gasteiger partial charge on any atom is 0.327 e. The van der Waals surface area contributed by atoms with E-state index in [4.69, 9.17) is 0 Å². The van der Waals surface area contributed by atoms with E-state index in [2.05, 4.69) is 25.7 Å². The van der Waals surface area contributed by atoms with Crippen molar-refractivity contribution in [3.05, 3.63) is 31.9 Å². The predicted octanol–water partition coefficient (Wildman–Crippen LogP) is 1.13. The molecule has 1 aromatic carbocycles. The van der Waals surface area contributed by atoms with Crippen molar-refractivity contribution in [3.8, 4) is 0 Å². The normalized spacial score (nSPS) is 10.6. The Morgan fingerprint density at radius 2 is 2.29 bits per heavy atom. The average molecular weight is 260 g/mol. The van der Waals surface area contributed by atoms with Gasteiger partial charge in [-0.25, -0.2) is 0 Å². The lowest BCUT2D eigenvalue weighted by Crippen LogP contribution is -2.22. The molecule has 0 amide bonds. The molecule has 7 nitrogen and oxygen atoms in total. The van der Waals surface area contributed by atoms with E-state index in [0.29, 0.717) is 4.47 Å². The molecule has 1 aromatic heterocycles. The van der Waals surface area contributed by atoms with Crippen molar-refractivity contribution in [2.24, 2.45) is 0 Å². The molecule has 0 atom stereocenters. The molecule has 14 heavy (non-hydrogen) atoms. The van der Waals surface area contributed by atoms with E-state index in [1.54, 1.807) is 0 Å². The Kier molecular flexibility index (Phi) is 1.84. The summed E-state index contributed by atoms with van der Waals surface area (Å²) in [4.78, 5) is 10.0. The van der Waals surface area contributed by atoms with Crippen LogP contribution in [0.5, 0.6) is 0 Å². The second-order valence-electron chi connectivity index (χ2n) is 2.45. The first kappa shape index (κ1) is 8.88. The first-order valence-corrected chi connectivity index (χ1v) is 4.23. The van der Waals surface area contributed by atoms with Crippen LogP contribution in [-0.4, -0.2) is 10.1 Å². The van der Waals surface area contributed by atoms with Crippen LogP contribution in [-0.2, 0) is 0 Å². The molecule has 2 aromatic rings. The standard InChI is InChI=1S/C6H2BrN3O4/c7-3-1-2-4(9(11)12)5-6(3)10(13)14-8-5/h1-2H. The Morgan fingerprint density at radius 3 is 2.93 bits per heavy atom. The first-order chi connectivity index (χ1) is 6.61. The first-order valence-electron chi connectivity index (χ1n) is 3.43. The van der Waals surface area contributed by atoms with Gasteiger partial charge in [-0.3, -0.25) is 14.7 Å². The predicted molar refractivity (Wildman–Crippen MR) is 47.3 cm³/mol. The van der Waals surface area contributed by atoms with Gasteiger partial charge in [0.2, 0.25) is 5.52 Å². The molecule has 0 saturated heterocycles. The summed E-state index contributed by atoms with van der Waals surface area (Å²) in [6.45, 7) is 0. The molecular formula is C6H2BrN3O4. The number of aromatic nitrogens is 2. The summed E-state index contributed by atoms with van der Waals surface area (Å²) in [5, 5.41) is 24.8. The van der Waals surface area contributed by atoms with Crippen LogP contribution in [0.1, 0.15) is 0 Å². The number of non-ortho nitro benzene ring substituents is 1. The third kappa shape index (κ3) is 1.11. The average Bonchev–Trinajstić information content (AvgIpc) is 2.49. The summed E-state index contributed by atoms with van der Waals surface area (Å²) in [6.07, 6.45) is 0. The minimum atomic E-state index is -0.628. The fourth-order valence-corrected chi connectivity index (χ4v) is 1.54. The number of benzene rings is 1. The molecule has 1 heterocycles. The maximum absolute atomic E-state index is 11.0. The van der Waals surface area contributed by atoms with Crippen LogP contribution < -0.4 is 4.90 Å². The zero-order valence-corrected chi connectivity index (χ0v) is 8.09. The van der Waals surface area contributed by atoms with E-state index in [1.807, 2.05) is 0 Å². The summed E-state index contributed by atoms with van der Waals surface area (Å²) in [5.74, 6) is 0. The number of hydrogen-bond acceptors (Lipinski definition) is 5. The zero-order chi connectivity index (χ0) is 10.3. The maximum atomic E-state index is 11.0. The number of hydrogen-bond donors (Lipinski definition) is 0. The van der Waals surface area contributed by atoms with Gasteiger partial charge in [0.05, 0.1) is 14.6 Å². The Balaban J connectivity index is 2.90. The number of nitro groups is 1. The van der Waals surface area contributed by atoms with E-state index in [-0.39, 0.29) is 21.6 Å². The summed E-state index contributed by atoms with van der Waals surface area (Å²) in [6, 6.07) is 2.64. The highest BCUT2D eigenvalue weighted by Crippen LogP contribution is 2.27. The van der Waals surface area contributed by atoms with Crippen LogP contribution in [0.15, 0.2) is 21.2 Å². The number of nitrogens with zero attached hydrogens (tertiary/aromatic N) is 3. The van der Waals surface area contributed by atoms with Gasteiger partial charge < -0.3 is 5.21 Å². The molecule has 0 saturated carbocycles. The molecule has 2 rings (SSSR count). The molecule has 0 bridgehead atoms. The molecule has 0 aliphatic carbocycles. The Bertz CT molecular complexity index is 523. The van der Waals surface area contributed by atoms with Gasteiger partial charge in [0, 0.05) is 6.07 Å². The van der Waals surface area contributed by atoms with Gasteiger partial charge in [0.25, 0.3) is 0 Å². The van der Waals surface area contributed by atoms with Gasteiger partial charge in [-0.05, 0) is 26.9 Å². The van der Waals surface area contributed by atoms with E-state index in [0.717, 1.165) is 0 Å². The topological polar surface area (TPSA) is 96.1 Å². The van der Waals surface area contributed by atoms with Crippen molar-refractivity contribution in [1.29, 1.82) is 0 Å². The minimum Gasteiger partial charge on any atom is -0.359 e. The Labute approximate surface area is 84.7 Å². The van der Waals surface area contributed by atoms with E-state index in [1.165, 1.54) is 12.1 Å². The monoisotopic (exact) mass is 259 g/mol. The fraction of sp³-hybridized carbons (Fsp3) is 0. The SMILES string of the molecule is O=[N+]([O-])c1ccc(Br)c2c1no[n+]2[O-]. The van der Waals surface area contributed by atoms with Crippen LogP contribution in [0.4, 0.5) is 5.69 Å². The highest BCUT2D eigenvalue weighted by atomic mass is 79.9. The van der Waals surface area contributed by atoms with E-state index in [9.17, 15) is 15.3 Å². The van der Waals surface area contributed by atoms with Crippen LogP contribution in [0.2, 0.25) is 0 Å². The molecule has 8 heteroatoms. The Hall–Kier alpha value is -1.70. The molecule has 0 fully saturated rings. The van der Waals surface area contributed by atoms with Gasteiger partial charge in [-0.15, -0.1) is 0 Å². The molecule has 72 valence electrons. The van der Waals surface area contributed by atoms with Crippen molar-refractivity contribution in [2.45, 2.75) is 0 Å². The van der Waals surface area contributed by atoms with Gasteiger partial charge in [-0.1, -0.05) is 0 Å². The van der Waals surface area contributed by atoms with Gasteiger partial charge in [0.1, 0.15) is 0 Å². The van der Waals surface area contributed by atoms with Gasteiger partial charge in [0.15, 0.2) is 0 Å². The lowest BCUT2D eigenvalue weighted by molar-refractivity contribution is -0.782. The van der Waals surface area contributed by atoms with Gasteiger partial charge >= 0.3 is 11.2 Å². The molecular weight excluding hydrogens is 258 g/mol. The summed E-state index contributed by atoms with van der Waals surface area (Å²) < 4.78 is 4.66. The van der Waals surface area contributed by atoms with Crippen LogP contribution in [0, 0.1) is 15.3 Å². The fourth-order valence-electron chi connectivity index (χ4n) is 1.07. The molecule has 0 radical (unpaired) electrons. The van der Waals surface area contributed by atoms with Crippen molar-refractivity contribution in [2.75, 3.05) is 0 Å². The molecule has 0 aliphatic rings. The summed E-state index contributed by atoms with van der Waals surface area (Å²) >= 11 is 3.07. The van der Waals surface area contributed by atoms with Crippen molar-refractivity contribution in [1.82, 2.24) is 5.16 Å². The molecule has 0 aliphatic heterocycles. The van der Waals surface area contributed by atoms with Crippen molar-refractivity contribution < 1.29 is 14.5 Å². The highest BCUT2D eigenvalue weighted by Gasteiger charge is 2.24. The lowest BCUT2D eigenvalue weighted by Gasteiger charge is -1.91. The molecule has 0 unspecified atom stereocenters. The number of halogens is 1. The van der Waals surface area contributed by atoms with E-state index >= 15 is 0 Å². The number of fused-ring (bicyclic) bond motifs is 1. The van der Waals surface area contributed by atoms with Crippen molar-refractivity contribution >= 4 is 32.7 Å². The van der Waals surface area contributed by atoms with Crippen LogP contribution >= 0.6 is 15.9 Å². The smallest absolute Gasteiger partial charge is 0.327 e. The lowest BCUT2D eigenvalue weighted by atomic mass is 10.3. The van der Waals surface area contributed by atoms with E-state index < -0.39 is 4.92 Å². The summed E-state index contributed by atoms with van der Waals surface area (Å²) in [7, 11) is 0. The summed E-state index contributed by atoms with van der Waals surface area (Å²) in [5.41, 5.74) is -0.319. The number of rotatable bonds is 1. The third-order valence-electron chi connectivity index (χ3n) is 1.67. The quantitative estimate of drug-likeness (QED) is 0.435. The third-order valence-corrected chi connectivity index (χ3v) is 2.31.